The van der Waals surface area contributed by atoms with Crippen LogP contribution in [0.25, 0.3) is 0 Å². The van der Waals surface area contributed by atoms with E-state index in [0.717, 1.165) is 11.3 Å². The van der Waals surface area contributed by atoms with Gasteiger partial charge in [-0.1, -0.05) is 29.3 Å². The van der Waals surface area contributed by atoms with Gasteiger partial charge in [-0.2, -0.15) is 0 Å². The highest BCUT2D eigenvalue weighted by molar-refractivity contribution is 6.35. The van der Waals surface area contributed by atoms with Gasteiger partial charge in [-0.25, -0.2) is 0 Å². The van der Waals surface area contributed by atoms with Gasteiger partial charge < -0.3 is 20.1 Å². The molecule has 0 aliphatic rings. The van der Waals surface area contributed by atoms with Gasteiger partial charge in [0.25, 0.3) is 0 Å². The van der Waals surface area contributed by atoms with Gasteiger partial charge in [0, 0.05) is 35.4 Å². The Morgan fingerprint density at radius 3 is 2.42 bits per heavy atom. The van der Waals surface area contributed by atoms with Gasteiger partial charge in [-0.05, 0) is 29.8 Å². The number of anilines is 1. The first-order valence-corrected chi connectivity index (χ1v) is 7.96. The summed E-state index contributed by atoms with van der Waals surface area (Å²) < 4.78 is 10.5. The van der Waals surface area contributed by atoms with E-state index in [0.29, 0.717) is 34.0 Å². The van der Waals surface area contributed by atoms with Crippen molar-refractivity contribution in [3.8, 4) is 11.5 Å². The second-order valence-corrected chi connectivity index (χ2v) is 5.70. The smallest absolute Gasteiger partial charge is 0.195 e. The van der Waals surface area contributed by atoms with Crippen LogP contribution in [0.2, 0.25) is 10.0 Å². The monoisotopic (exact) mass is 367 g/mol. The Morgan fingerprint density at radius 1 is 1.04 bits per heavy atom. The molecular formula is C17H19Cl2N3O2. The maximum absolute atomic E-state index is 6.17. The summed E-state index contributed by atoms with van der Waals surface area (Å²) in [4.78, 5) is 4.20. The van der Waals surface area contributed by atoms with Crippen LogP contribution in [0.4, 0.5) is 5.69 Å². The number of hydrogen-bond donors (Lipinski definition) is 2. The van der Waals surface area contributed by atoms with Crippen LogP contribution >= 0.6 is 23.2 Å². The molecule has 0 amide bonds. The summed E-state index contributed by atoms with van der Waals surface area (Å²) in [5.41, 5.74) is 1.75. The summed E-state index contributed by atoms with van der Waals surface area (Å²) >= 11 is 12.1. The highest BCUT2D eigenvalue weighted by Gasteiger charge is 2.07. The minimum absolute atomic E-state index is 0.517. The molecule has 7 heteroatoms. The van der Waals surface area contributed by atoms with E-state index in [1.807, 2.05) is 24.3 Å². The Kier molecular flexibility index (Phi) is 6.58. The summed E-state index contributed by atoms with van der Waals surface area (Å²) in [5, 5.41) is 7.61. The van der Waals surface area contributed by atoms with Crippen molar-refractivity contribution in [1.29, 1.82) is 0 Å². The molecule has 128 valence electrons. The van der Waals surface area contributed by atoms with Crippen molar-refractivity contribution in [2.24, 2.45) is 4.99 Å². The summed E-state index contributed by atoms with van der Waals surface area (Å²) in [6, 6.07) is 10.9. The highest BCUT2D eigenvalue weighted by Crippen LogP contribution is 2.29. The molecule has 2 aromatic rings. The second-order valence-electron chi connectivity index (χ2n) is 4.86. The number of benzene rings is 2. The molecule has 0 radical (unpaired) electrons. The molecule has 0 aliphatic carbocycles. The van der Waals surface area contributed by atoms with Crippen LogP contribution in [0, 0.1) is 0 Å². The predicted octanol–water partition coefficient (Wildman–Crippen LogP) is 4.20. The van der Waals surface area contributed by atoms with Gasteiger partial charge >= 0.3 is 0 Å². The number of rotatable bonds is 5. The molecule has 2 aromatic carbocycles. The zero-order valence-corrected chi connectivity index (χ0v) is 15.2. The molecule has 0 unspecified atom stereocenters. The Balaban J connectivity index is 2.05. The van der Waals surface area contributed by atoms with Gasteiger partial charge in [0.2, 0.25) is 0 Å². The number of hydrogen-bond acceptors (Lipinski definition) is 3. The van der Waals surface area contributed by atoms with Crippen LogP contribution in [0.1, 0.15) is 5.56 Å². The van der Waals surface area contributed by atoms with Crippen LogP contribution in [0.3, 0.4) is 0 Å². The Hall–Kier alpha value is -2.11. The molecule has 2 N–H and O–H groups in total. The average Bonchev–Trinajstić information content (AvgIpc) is 2.59. The summed E-state index contributed by atoms with van der Waals surface area (Å²) in [7, 11) is 4.89. The largest absolute Gasteiger partial charge is 0.493 e. The van der Waals surface area contributed by atoms with Gasteiger partial charge in [0.15, 0.2) is 17.5 Å². The fourth-order valence-electron chi connectivity index (χ4n) is 2.07. The standard InChI is InChI=1S/C17H19Cl2N3O2/c1-20-17(21-10-11-4-5-12(18)8-14(11)19)22-13-6-7-15(23-2)16(9-13)24-3/h4-9H,10H2,1-3H3,(H2,20,21,22). The number of ether oxygens (including phenoxy) is 2. The number of guanidine groups is 1. The van der Waals surface area contributed by atoms with E-state index in [-0.39, 0.29) is 0 Å². The molecular weight excluding hydrogens is 349 g/mol. The third kappa shape index (κ3) is 4.69. The quantitative estimate of drug-likeness (QED) is 0.614. The number of nitrogens with one attached hydrogen (secondary N) is 2. The van der Waals surface area contributed by atoms with Gasteiger partial charge in [0.05, 0.1) is 14.2 Å². The third-order valence-electron chi connectivity index (χ3n) is 3.33. The number of halogens is 2. The number of aliphatic imine (C=N–C) groups is 1. The molecule has 0 heterocycles. The maximum Gasteiger partial charge on any atom is 0.195 e. The lowest BCUT2D eigenvalue weighted by Crippen LogP contribution is -2.30. The van der Waals surface area contributed by atoms with Crippen molar-refractivity contribution in [1.82, 2.24) is 5.32 Å². The first-order valence-electron chi connectivity index (χ1n) is 7.21. The lowest BCUT2D eigenvalue weighted by molar-refractivity contribution is 0.355. The fourth-order valence-corrected chi connectivity index (χ4v) is 2.55. The average molecular weight is 368 g/mol. The van der Waals surface area contributed by atoms with Crippen LogP contribution in [-0.4, -0.2) is 27.2 Å². The first-order chi connectivity index (χ1) is 11.6. The lowest BCUT2D eigenvalue weighted by Gasteiger charge is -2.14. The van der Waals surface area contributed by atoms with E-state index >= 15 is 0 Å². The molecule has 0 fully saturated rings. The van der Waals surface area contributed by atoms with E-state index in [1.54, 1.807) is 33.4 Å². The number of nitrogens with zero attached hydrogens (tertiary/aromatic N) is 1. The van der Waals surface area contributed by atoms with Gasteiger partial charge in [0.1, 0.15) is 0 Å². The topological polar surface area (TPSA) is 54.9 Å². The molecule has 0 aromatic heterocycles. The minimum atomic E-state index is 0.517. The van der Waals surface area contributed by atoms with Crippen molar-refractivity contribution in [2.45, 2.75) is 6.54 Å². The SMILES string of the molecule is CN=C(NCc1ccc(Cl)cc1Cl)Nc1ccc(OC)c(OC)c1. The molecule has 2 rings (SSSR count). The summed E-state index contributed by atoms with van der Waals surface area (Å²) in [6.45, 7) is 0.517. The molecule has 24 heavy (non-hydrogen) atoms. The molecule has 0 saturated heterocycles. The normalized spacial score (nSPS) is 11.1. The zero-order chi connectivity index (χ0) is 17.5. The predicted molar refractivity (Wildman–Crippen MR) is 99.8 cm³/mol. The molecule has 0 atom stereocenters. The third-order valence-corrected chi connectivity index (χ3v) is 3.92. The number of methoxy groups -OCH3 is 2. The lowest BCUT2D eigenvalue weighted by atomic mass is 10.2. The van der Waals surface area contributed by atoms with Crippen LogP contribution in [0.15, 0.2) is 41.4 Å². The van der Waals surface area contributed by atoms with Crippen molar-refractivity contribution < 1.29 is 9.47 Å². The Bertz CT molecular complexity index is 736. The molecule has 0 saturated carbocycles. The molecule has 5 nitrogen and oxygen atoms in total. The van der Waals surface area contributed by atoms with Crippen molar-refractivity contribution >= 4 is 34.8 Å². The molecule has 0 spiro atoms. The summed E-state index contributed by atoms with van der Waals surface area (Å²) in [5.74, 6) is 1.91. The van der Waals surface area contributed by atoms with Crippen LogP contribution < -0.4 is 20.1 Å². The minimum Gasteiger partial charge on any atom is -0.493 e. The van der Waals surface area contributed by atoms with Gasteiger partial charge in [-0.15, -0.1) is 0 Å². The fraction of sp³-hybridized carbons (Fsp3) is 0.235. The zero-order valence-electron chi connectivity index (χ0n) is 13.7. The first kappa shape index (κ1) is 18.2. The maximum atomic E-state index is 6.17. The van der Waals surface area contributed by atoms with E-state index in [2.05, 4.69) is 15.6 Å². The molecule has 0 bridgehead atoms. The molecule has 0 aliphatic heterocycles. The van der Waals surface area contributed by atoms with E-state index in [9.17, 15) is 0 Å². The van der Waals surface area contributed by atoms with E-state index in [4.69, 9.17) is 32.7 Å². The van der Waals surface area contributed by atoms with E-state index in [1.165, 1.54) is 0 Å². The van der Waals surface area contributed by atoms with Crippen molar-refractivity contribution in [3.63, 3.8) is 0 Å². The van der Waals surface area contributed by atoms with Gasteiger partial charge in [-0.3, -0.25) is 4.99 Å². The van der Waals surface area contributed by atoms with E-state index < -0.39 is 0 Å². The summed E-state index contributed by atoms with van der Waals surface area (Å²) in [6.07, 6.45) is 0. The Labute approximate surface area is 151 Å². The Morgan fingerprint density at radius 2 is 1.79 bits per heavy atom. The van der Waals surface area contributed by atoms with Crippen LogP contribution in [-0.2, 0) is 6.54 Å². The highest BCUT2D eigenvalue weighted by atomic mass is 35.5. The van der Waals surface area contributed by atoms with Crippen LogP contribution in [0.5, 0.6) is 11.5 Å². The van der Waals surface area contributed by atoms with Crippen molar-refractivity contribution in [3.05, 3.63) is 52.0 Å². The van der Waals surface area contributed by atoms with Crippen molar-refractivity contribution in [2.75, 3.05) is 26.6 Å². The second kappa shape index (κ2) is 8.66.